The Morgan fingerprint density at radius 1 is 0.944 bits per heavy atom. The first-order chi connectivity index (χ1) is 8.49. The van der Waals surface area contributed by atoms with E-state index in [1.165, 1.54) is 38.5 Å². The Labute approximate surface area is 116 Å². The van der Waals surface area contributed by atoms with Crippen LogP contribution in [0.2, 0.25) is 0 Å². The molecule has 0 bridgehead atoms. The van der Waals surface area contributed by atoms with E-state index in [9.17, 15) is 0 Å². The lowest BCUT2D eigenvalue weighted by Crippen LogP contribution is -2.44. The molecule has 0 spiro atoms. The predicted octanol–water partition coefficient (Wildman–Crippen LogP) is 3.91. The summed E-state index contributed by atoms with van der Waals surface area (Å²) in [6.07, 6.45) is 8.26. The summed E-state index contributed by atoms with van der Waals surface area (Å²) < 4.78 is 0. The molecule has 0 aliphatic rings. The van der Waals surface area contributed by atoms with E-state index >= 15 is 0 Å². The molecule has 0 rings (SSSR count). The average Bonchev–Trinajstić information content (AvgIpc) is 2.28. The molecule has 110 valence electrons. The predicted molar refractivity (Wildman–Crippen MR) is 83.2 cm³/mol. The lowest BCUT2D eigenvalue weighted by molar-refractivity contribution is 0.218. The fourth-order valence-electron chi connectivity index (χ4n) is 2.49. The summed E-state index contributed by atoms with van der Waals surface area (Å²) >= 11 is 0. The van der Waals surface area contributed by atoms with Gasteiger partial charge in [0, 0.05) is 18.6 Å². The standard InChI is InChI=1S/C16H36N2/c1-7-8-9-10-11-12-15(4)17-13-16(14(2)3)18(5)6/h14-17H,7-13H2,1-6H3. The molecule has 0 aliphatic heterocycles. The number of unbranched alkanes of at least 4 members (excludes halogenated alkanes) is 4. The fourth-order valence-corrected chi connectivity index (χ4v) is 2.49. The summed E-state index contributed by atoms with van der Waals surface area (Å²) in [5.41, 5.74) is 0. The van der Waals surface area contributed by atoms with Crippen LogP contribution in [0.1, 0.15) is 66.2 Å². The van der Waals surface area contributed by atoms with Crippen LogP contribution in [0.15, 0.2) is 0 Å². The van der Waals surface area contributed by atoms with Crippen molar-refractivity contribution >= 4 is 0 Å². The highest BCUT2D eigenvalue weighted by atomic mass is 15.1. The van der Waals surface area contributed by atoms with Gasteiger partial charge < -0.3 is 10.2 Å². The third kappa shape index (κ3) is 8.93. The summed E-state index contributed by atoms with van der Waals surface area (Å²) in [4.78, 5) is 2.34. The largest absolute Gasteiger partial charge is 0.313 e. The second kappa shape index (κ2) is 10.8. The van der Waals surface area contributed by atoms with Crippen molar-refractivity contribution in [3.8, 4) is 0 Å². The summed E-state index contributed by atoms with van der Waals surface area (Å²) in [7, 11) is 4.36. The van der Waals surface area contributed by atoms with Crippen molar-refractivity contribution < 1.29 is 0 Å². The molecule has 2 nitrogen and oxygen atoms in total. The summed E-state index contributed by atoms with van der Waals surface area (Å²) in [6, 6.07) is 1.31. The van der Waals surface area contributed by atoms with Crippen LogP contribution in [0.3, 0.4) is 0 Å². The Morgan fingerprint density at radius 3 is 2.06 bits per heavy atom. The normalized spacial score (nSPS) is 15.3. The zero-order valence-electron chi connectivity index (χ0n) is 13.6. The second-order valence-electron chi connectivity index (χ2n) is 6.29. The van der Waals surface area contributed by atoms with E-state index in [1.807, 2.05) is 0 Å². The first-order valence-electron chi connectivity index (χ1n) is 7.88. The highest BCUT2D eigenvalue weighted by molar-refractivity contribution is 4.74. The van der Waals surface area contributed by atoms with Crippen LogP contribution >= 0.6 is 0 Å². The van der Waals surface area contributed by atoms with E-state index in [-0.39, 0.29) is 0 Å². The molecule has 0 aromatic heterocycles. The molecule has 0 saturated heterocycles. The van der Waals surface area contributed by atoms with Gasteiger partial charge in [-0.2, -0.15) is 0 Å². The van der Waals surface area contributed by atoms with Gasteiger partial charge in [0.1, 0.15) is 0 Å². The zero-order valence-corrected chi connectivity index (χ0v) is 13.6. The van der Waals surface area contributed by atoms with E-state index in [2.05, 4.69) is 52.0 Å². The van der Waals surface area contributed by atoms with Crippen molar-refractivity contribution in [3.05, 3.63) is 0 Å². The topological polar surface area (TPSA) is 15.3 Å². The smallest absolute Gasteiger partial charge is 0.0237 e. The lowest BCUT2D eigenvalue weighted by atomic mass is 10.0. The molecule has 18 heavy (non-hydrogen) atoms. The molecule has 0 aliphatic carbocycles. The quantitative estimate of drug-likeness (QED) is 0.564. The Kier molecular flexibility index (Phi) is 10.8. The monoisotopic (exact) mass is 256 g/mol. The van der Waals surface area contributed by atoms with Crippen LogP contribution in [0.4, 0.5) is 0 Å². The molecule has 0 amide bonds. The number of hydrogen-bond acceptors (Lipinski definition) is 2. The molecule has 2 atom stereocenters. The third-order valence-corrected chi connectivity index (χ3v) is 3.85. The first kappa shape index (κ1) is 17.9. The van der Waals surface area contributed by atoms with E-state index < -0.39 is 0 Å². The van der Waals surface area contributed by atoms with Gasteiger partial charge in [0.15, 0.2) is 0 Å². The van der Waals surface area contributed by atoms with E-state index in [1.54, 1.807) is 0 Å². The van der Waals surface area contributed by atoms with Crippen molar-refractivity contribution in [2.45, 2.75) is 78.3 Å². The molecule has 0 aromatic carbocycles. The minimum absolute atomic E-state index is 0.646. The average molecular weight is 256 g/mol. The number of likely N-dealkylation sites (N-methyl/N-ethyl adjacent to an activating group) is 1. The first-order valence-corrected chi connectivity index (χ1v) is 7.88. The molecule has 0 saturated carbocycles. The van der Waals surface area contributed by atoms with Gasteiger partial charge in [0.25, 0.3) is 0 Å². The van der Waals surface area contributed by atoms with E-state index in [0.29, 0.717) is 18.0 Å². The van der Waals surface area contributed by atoms with Gasteiger partial charge in [-0.15, -0.1) is 0 Å². The lowest BCUT2D eigenvalue weighted by Gasteiger charge is -2.29. The second-order valence-corrected chi connectivity index (χ2v) is 6.29. The van der Waals surface area contributed by atoms with Gasteiger partial charge in [0.2, 0.25) is 0 Å². The fraction of sp³-hybridized carbons (Fsp3) is 1.00. The Bertz CT molecular complexity index is 170. The number of nitrogens with one attached hydrogen (secondary N) is 1. The van der Waals surface area contributed by atoms with Crippen LogP contribution < -0.4 is 5.32 Å². The van der Waals surface area contributed by atoms with Crippen LogP contribution in [-0.4, -0.2) is 37.6 Å². The van der Waals surface area contributed by atoms with Gasteiger partial charge >= 0.3 is 0 Å². The molecule has 1 N–H and O–H groups in total. The maximum absolute atomic E-state index is 3.69. The Balaban J connectivity index is 3.64. The minimum atomic E-state index is 0.646. The van der Waals surface area contributed by atoms with E-state index in [0.717, 1.165) is 6.54 Å². The maximum atomic E-state index is 3.69. The van der Waals surface area contributed by atoms with Crippen LogP contribution in [0.25, 0.3) is 0 Å². The molecular weight excluding hydrogens is 220 g/mol. The van der Waals surface area contributed by atoms with Crippen molar-refractivity contribution in [3.63, 3.8) is 0 Å². The van der Waals surface area contributed by atoms with Gasteiger partial charge in [-0.25, -0.2) is 0 Å². The summed E-state index contributed by atoms with van der Waals surface area (Å²) in [5, 5.41) is 3.69. The Morgan fingerprint density at radius 2 is 1.56 bits per heavy atom. The van der Waals surface area contributed by atoms with Crippen molar-refractivity contribution in [2.24, 2.45) is 5.92 Å². The van der Waals surface area contributed by atoms with Gasteiger partial charge in [-0.05, 0) is 33.4 Å². The van der Waals surface area contributed by atoms with Crippen molar-refractivity contribution in [1.82, 2.24) is 10.2 Å². The molecule has 0 radical (unpaired) electrons. The molecule has 2 heteroatoms. The highest BCUT2D eigenvalue weighted by Crippen LogP contribution is 2.09. The summed E-state index contributed by atoms with van der Waals surface area (Å²) in [5.74, 6) is 0.712. The van der Waals surface area contributed by atoms with Crippen molar-refractivity contribution in [1.29, 1.82) is 0 Å². The van der Waals surface area contributed by atoms with Crippen LogP contribution in [0, 0.1) is 5.92 Å². The molecular formula is C16H36N2. The molecule has 0 aromatic rings. The highest BCUT2D eigenvalue weighted by Gasteiger charge is 2.15. The summed E-state index contributed by atoms with van der Waals surface area (Å²) in [6.45, 7) is 10.3. The number of rotatable bonds is 11. The molecule has 2 unspecified atom stereocenters. The number of nitrogens with zero attached hydrogens (tertiary/aromatic N) is 1. The SMILES string of the molecule is CCCCCCCC(C)NCC(C(C)C)N(C)C. The van der Waals surface area contributed by atoms with Crippen LogP contribution in [-0.2, 0) is 0 Å². The Hall–Kier alpha value is -0.0800. The van der Waals surface area contributed by atoms with Crippen molar-refractivity contribution in [2.75, 3.05) is 20.6 Å². The molecule has 0 heterocycles. The zero-order chi connectivity index (χ0) is 14.0. The van der Waals surface area contributed by atoms with E-state index in [4.69, 9.17) is 0 Å². The van der Waals surface area contributed by atoms with Gasteiger partial charge in [-0.1, -0.05) is 52.9 Å². The molecule has 0 fully saturated rings. The maximum Gasteiger partial charge on any atom is 0.0237 e. The van der Waals surface area contributed by atoms with Gasteiger partial charge in [0.05, 0.1) is 0 Å². The minimum Gasteiger partial charge on any atom is -0.313 e. The van der Waals surface area contributed by atoms with Crippen LogP contribution in [0.5, 0.6) is 0 Å². The number of hydrogen-bond donors (Lipinski definition) is 1. The third-order valence-electron chi connectivity index (χ3n) is 3.85. The van der Waals surface area contributed by atoms with Gasteiger partial charge in [-0.3, -0.25) is 0 Å².